The third-order valence-electron chi connectivity index (χ3n) is 4.91. The van der Waals surface area contributed by atoms with Crippen molar-refractivity contribution >= 4 is 38.9 Å². The molecule has 0 N–H and O–H groups in total. The van der Waals surface area contributed by atoms with Crippen molar-refractivity contribution in [3.05, 3.63) is 16.5 Å². The highest BCUT2D eigenvalue weighted by Crippen LogP contribution is 2.31. The summed E-state index contributed by atoms with van der Waals surface area (Å²) in [5, 5.41) is 0. The summed E-state index contributed by atoms with van der Waals surface area (Å²) in [6.07, 6.45) is 3.45. The van der Waals surface area contributed by atoms with Crippen LogP contribution in [0.5, 0.6) is 0 Å². The number of halogens is 1. The monoisotopic (exact) mass is 390 g/mol. The number of sulfonamides is 1. The molecule has 1 amide bonds. The number of hydrogen-bond donors (Lipinski definition) is 0. The van der Waals surface area contributed by atoms with Crippen molar-refractivity contribution in [1.29, 1.82) is 0 Å². The maximum Gasteiger partial charge on any atom is 0.252 e. The first-order valence-corrected chi connectivity index (χ1v) is 11.1. The van der Waals surface area contributed by atoms with Crippen molar-refractivity contribution in [1.82, 2.24) is 9.21 Å². The SMILES string of the molecule is CC1CCCN(C(=O)C2CCN(S(=O)(=O)c3ccc(Cl)s3)CC2)C1. The van der Waals surface area contributed by atoms with E-state index in [9.17, 15) is 13.2 Å². The third kappa shape index (κ3) is 3.79. The highest BCUT2D eigenvalue weighted by atomic mass is 35.5. The normalized spacial score (nSPS) is 24.2. The quantitative estimate of drug-likeness (QED) is 0.796. The minimum absolute atomic E-state index is 0.0475. The highest BCUT2D eigenvalue weighted by Gasteiger charge is 2.35. The van der Waals surface area contributed by atoms with Gasteiger partial charge in [0.2, 0.25) is 5.91 Å². The Morgan fingerprint density at radius 2 is 1.92 bits per heavy atom. The predicted molar refractivity (Wildman–Crippen MR) is 95.8 cm³/mol. The molecule has 0 bridgehead atoms. The maximum absolute atomic E-state index is 12.7. The van der Waals surface area contributed by atoms with Crippen molar-refractivity contribution in [3.63, 3.8) is 0 Å². The van der Waals surface area contributed by atoms with Crippen LogP contribution in [0, 0.1) is 11.8 Å². The fourth-order valence-corrected chi connectivity index (χ4v) is 6.66. The van der Waals surface area contributed by atoms with Crippen LogP contribution in [-0.2, 0) is 14.8 Å². The minimum Gasteiger partial charge on any atom is -0.342 e. The zero-order chi connectivity index (χ0) is 17.3. The van der Waals surface area contributed by atoms with Crippen molar-refractivity contribution in [2.24, 2.45) is 11.8 Å². The molecular weight excluding hydrogens is 368 g/mol. The van der Waals surface area contributed by atoms with Crippen molar-refractivity contribution in [2.75, 3.05) is 26.2 Å². The van der Waals surface area contributed by atoms with Gasteiger partial charge in [-0.1, -0.05) is 18.5 Å². The van der Waals surface area contributed by atoms with Gasteiger partial charge in [-0.2, -0.15) is 4.31 Å². The molecule has 8 heteroatoms. The molecule has 1 aromatic heterocycles. The lowest BCUT2D eigenvalue weighted by Crippen LogP contribution is -2.46. The van der Waals surface area contributed by atoms with Crippen LogP contribution in [-0.4, -0.2) is 49.7 Å². The van der Waals surface area contributed by atoms with E-state index >= 15 is 0 Å². The Morgan fingerprint density at radius 1 is 1.21 bits per heavy atom. The smallest absolute Gasteiger partial charge is 0.252 e. The topological polar surface area (TPSA) is 57.7 Å². The number of carbonyl (C=O) groups excluding carboxylic acids is 1. The Morgan fingerprint density at radius 3 is 2.50 bits per heavy atom. The fourth-order valence-electron chi connectivity index (χ4n) is 3.55. The van der Waals surface area contributed by atoms with Gasteiger partial charge < -0.3 is 4.90 Å². The van der Waals surface area contributed by atoms with Crippen molar-refractivity contribution in [2.45, 2.75) is 36.8 Å². The molecule has 0 saturated carbocycles. The van der Waals surface area contributed by atoms with Crippen LogP contribution >= 0.6 is 22.9 Å². The lowest BCUT2D eigenvalue weighted by molar-refractivity contribution is -0.138. The zero-order valence-electron chi connectivity index (χ0n) is 13.8. The molecule has 2 aliphatic heterocycles. The second-order valence-corrected chi connectivity index (χ2v) is 10.6. The molecule has 24 heavy (non-hydrogen) atoms. The van der Waals surface area contributed by atoms with Crippen LogP contribution in [0.2, 0.25) is 4.34 Å². The molecule has 5 nitrogen and oxygen atoms in total. The summed E-state index contributed by atoms with van der Waals surface area (Å²) in [5.74, 6) is 0.721. The van der Waals surface area contributed by atoms with Crippen LogP contribution in [0.15, 0.2) is 16.3 Å². The summed E-state index contributed by atoms with van der Waals surface area (Å²) in [5.41, 5.74) is 0. The average Bonchev–Trinajstić information content (AvgIpc) is 3.01. The van der Waals surface area contributed by atoms with E-state index in [1.165, 1.54) is 10.7 Å². The van der Waals surface area contributed by atoms with Crippen LogP contribution in [0.3, 0.4) is 0 Å². The van der Waals surface area contributed by atoms with Gasteiger partial charge in [0, 0.05) is 32.1 Å². The standard InChI is InChI=1S/C16H23ClN2O3S2/c1-12-3-2-8-18(11-12)16(20)13-6-9-19(10-7-13)24(21,22)15-5-4-14(17)23-15/h4-5,12-13H,2-3,6-11H2,1H3. The number of nitrogens with zero attached hydrogens (tertiary/aromatic N) is 2. The van der Waals surface area contributed by atoms with E-state index in [-0.39, 0.29) is 16.0 Å². The molecule has 2 aliphatic rings. The lowest BCUT2D eigenvalue weighted by atomic mass is 9.93. The van der Waals surface area contributed by atoms with Crippen molar-refractivity contribution in [3.8, 4) is 0 Å². The number of thiophene rings is 1. The van der Waals surface area contributed by atoms with E-state index in [0.29, 0.717) is 36.2 Å². The van der Waals surface area contributed by atoms with Gasteiger partial charge in [-0.15, -0.1) is 11.3 Å². The molecule has 2 saturated heterocycles. The molecule has 1 unspecified atom stereocenters. The third-order valence-corrected chi connectivity index (χ3v) is 8.51. The first-order chi connectivity index (χ1) is 11.4. The molecule has 134 valence electrons. The molecule has 0 aromatic carbocycles. The van der Waals surface area contributed by atoms with Gasteiger partial charge in [0.15, 0.2) is 0 Å². The molecule has 2 fully saturated rings. The van der Waals surface area contributed by atoms with Crippen LogP contribution in [0.25, 0.3) is 0 Å². The molecule has 0 spiro atoms. The van der Waals surface area contributed by atoms with Gasteiger partial charge in [-0.25, -0.2) is 8.42 Å². The van der Waals surface area contributed by atoms with Crippen LogP contribution in [0.4, 0.5) is 0 Å². The largest absolute Gasteiger partial charge is 0.342 e. The molecule has 3 rings (SSSR count). The van der Waals surface area contributed by atoms with Crippen molar-refractivity contribution < 1.29 is 13.2 Å². The Kier molecular flexibility index (Phi) is 5.54. The fraction of sp³-hybridized carbons (Fsp3) is 0.688. The van der Waals surface area contributed by atoms with E-state index in [1.54, 1.807) is 12.1 Å². The summed E-state index contributed by atoms with van der Waals surface area (Å²) in [7, 11) is -3.48. The van der Waals surface area contributed by atoms with Gasteiger partial charge in [0.1, 0.15) is 4.21 Å². The molecule has 0 aliphatic carbocycles. The predicted octanol–water partition coefficient (Wildman–Crippen LogP) is 3.06. The van der Waals surface area contributed by atoms with E-state index in [1.807, 2.05) is 4.90 Å². The minimum atomic E-state index is -3.48. The molecular formula is C16H23ClN2O3S2. The van der Waals surface area contributed by atoms with E-state index in [0.717, 1.165) is 30.8 Å². The maximum atomic E-state index is 12.7. The molecule has 3 heterocycles. The number of amides is 1. The highest BCUT2D eigenvalue weighted by molar-refractivity contribution is 7.91. The number of piperidine rings is 2. The van der Waals surface area contributed by atoms with Gasteiger partial charge in [-0.05, 0) is 43.7 Å². The van der Waals surface area contributed by atoms with Gasteiger partial charge in [0.25, 0.3) is 10.0 Å². The number of likely N-dealkylation sites (tertiary alicyclic amines) is 1. The second kappa shape index (κ2) is 7.32. The van der Waals surface area contributed by atoms with E-state index in [2.05, 4.69) is 6.92 Å². The Bertz CT molecular complexity index is 696. The van der Waals surface area contributed by atoms with Crippen LogP contribution in [0.1, 0.15) is 32.6 Å². The lowest BCUT2D eigenvalue weighted by Gasteiger charge is -2.36. The molecule has 1 aromatic rings. The Balaban J connectivity index is 1.60. The van der Waals surface area contributed by atoms with Gasteiger partial charge in [-0.3, -0.25) is 4.79 Å². The first-order valence-electron chi connectivity index (χ1n) is 8.42. The number of hydrogen-bond acceptors (Lipinski definition) is 4. The van der Waals surface area contributed by atoms with E-state index < -0.39 is 10.0 Å². The molecule has 1 atom stereocenters. The number of rotatable bonds is 3. The van der Waals surface area contributed by atoms with E-state index in [4.69, 9.17) is 11.6 Å². The summed E-state index contributed by atoms with van der Waals surface area (Å²) >= 11 is 6.93. The summed E-state index contributed by atoms with van der Waals surface area (Å²) < 4.78 is 27.4. The first kappa shape index (κ1) is 18.2. The summed E-state index contributed by atoms with van der Waals surface area (Å²) in [4.78, 5) is 14.6. The second-order valence-electron chi connectivity index (χ2n) is 6.77. The van der Waals surface area contributed by atoms with Crippen LogP contribution < -0.4 is 0 Å². The average molecular weight is 391 g/mol. The molecule has 0 radical (unpaired) electrons. The van der Waals surface area contributed by atoms with Gasteiger partial charge in [0.05, 0.1) is 4.34 Å². The summed E-state index contributed by atoms with van der Waals surface area (Å²) in [6.45, 7) is 4.66. The summed E-state index contributed by atoms with van der Waals surface area (Å²) in [6, 6.07) is 3.15. The Labute approximate surface area is 152 Å². The number of carbonyl (C=O) groups is 1. The Hall–Kier alpha value is -0.630. The van der Waals surface area contributed by atoms with Gasteiger partial charge >= 0.3 is 0 Å². The zero-order valence-corrected chi connectivity index (χ0v) is 16.2.